The van der Waals surface area contributed by atoms with Crippen LogP contribution in [0.4, 0.5) is 13.2 Å². The number of carboxylic acid groups (broad SMARTS) is 1. The lowest BCUT2D eigenvalue weighted by atomic mass is 10.1. The third-order valence-electron chi connectivity index (χ3n) is 1.99. The Bertz CT molecular complexity index is 500. The molecular formula is C11H9F3O3S2. The molecule has 8 heteroatoms. The Morgan fingerprint density at radius 1 is 1.47 bits per heavy atom. The zero-order valence-electron chi connectivity index (χ0n) is 9.65. The van der Waals surface area contributed by atoms with Gasteiger partial charge in [0, 0.05) is 0 Å². The minimum Gasteiger partial charge on any atom is -0.478 e. The number of carboxylic acids is 1. The number of aromatic carboxylic acids is 1. The summed E-state index contributed by atoms with van der Waals surface area (Å²) >= 11 is 5.88. The summed E-state index contributed by atoms with van der Waals surface area (Å²) in [6.07, 6.45) is -4.57. The molecule has 1 N–H and O–H groups in total. The van der Waals surface area contributed by atoms with Crippen molar-refractivity contribution in [1.82, 2.24) is 0 Å². The van der Waals surface area contributed by atoms with Gasteiger partial charge >= 0.3 is 12.1 Å². The summed E-state index contributed by atoms with van der Waals surface area (Å²) in [7, 11) is 0. The van der Waals surface area contributed by atoms with Gasteiger partial charge in [-0.1, -0.05) is 18.7 Å². The van der Waals surface area contributed by atoms with Crippen LogP contribution in [0.5, 0.6) is 5.75 Å². The number of hydrogen-bond acceptors (Lipinski definition) is 4. The highest BCUT2D eigenvalue weighted by Gasteiger charge is 2.32. The zero-order valence-corrected chi connectivity index (χ0v) is 11.3. The fourth-order valence-corrected chi connectivity index (χ4v) is 2.02. The van der Waals surface area contributed by atoms with Crippen LogP contribution in [0.15, 0.2) is 18.2 Å². The van der Waals surface area contributed by atoms with Crippen LogP contribution in [0.2, 0.25) is 0 Å². The van der Waals surface area contributed by atoms with E-state index in [-0.39, 0.29) is 9.95 Å². The van der Waals surface area contributed by atoms with Crippen LogP contribution in [0.25, 0.3) is 0 Å². The van der Waals surface area contributed by atoms with Crippen molar-refractivity contribution >= 4 is 34.3 Å². The SMILES string of the molecule is CCSC(=S)Oc1cc(C(F)(F)F)ccc1C(=O)O. The number of benzene rings is 1. The van der Waals surface area contributed by atoms with E-state index in [0.717, 1.165) is 17.8 Å². The van der Waals surface area contributed by atoms with Gasteiger partial charge in [-0.05, 0) is 36.2 Å². The van der Waals surface area contributed by atoms with Gasteiger partial charge in [-0.3, -0.25) is 0 Å². The quantitative estimate of drug-likeness (QED) is 0.860. The van der Waals surface area contributed by atoms with E-state index in [1.54, 1.807) is 6.92 Å². The van der Waals surface area contributed by atoms with Crippen LogP contribution in [-0.2, 0) is 6.18 Å². The first-order valence-corrected chi connectivity index (χ1v) is 6.44. The highest BCUT2D eigenvalue weighted by atomic mass is 32.2. The van der Waals surface area contributed by atoms with Gasteiger partial charge in [0.1, 0.15) is 11.3 Å². The van der Waals surface area contributed by atoms with E-state index in [0.29, 0.717) is 17.9 Å². The Kier molecular flexibility index (Phi) is 5.19. The molecule has 0 atom stereocenters. The van der Waals surface area contributed by atoms with Gasteiger partial charge in [-0.2, -0.15) is 13.2 Å². The highest BCUT2D eigenvalue weighted by molar-refractivity contribution is 8.22. The molecule has 104 valence electrons. The molecule has 0 saturated heterocycles. The van der Waals surface area contributed by atoms with Crippen molar-refractivity contribution in [3.63, 3.8) is 0 Å². The molecule has 0 unspecified atom stereocenters. The van der Waals surface area contributed by atoms with E-state index >= 15 is 0 Å². The first-order chi connectivity index (χ1) is 8.75. The maximum atomic E-state index is 12.5. The molecule has 0 aromatic heterocycles. The van der Waals surface area contributed by atoms with Gasteiger partial charge in [-0.15, -0.1) is 0 Å². The fourth-order valence-electron chi connectivity index (χ4n) is 1.20. The molecule has 0 amide bonds. The second kappa shape index (κ2) is 6.25. The first kappa shape index (κ1) is 15.8. The second-order valence-electron chi connectivity index (χ2n) is 3.30. The van der Waals surface area contributed by atoms with Crippen molar-refractivity contribution in [2.45, 2.75) is 13.1 Å². The third kappa shape index (κ3) is 4.39. The highest BCUT2D eigenvalue weighted by Crippen LogP contribution is 2.33. The molecular weight excluding hydrogens is 301 g/mol. The standard InChI is InChI=1S/C11H9F3O3S2/c1-2-19-10(18)17-8-5-6(11(12,13)14)3-4-7(8)9(15)16/h3-5H,2H2,1H3,(H,15,16). The molecule has 0 fully saturated rings. The summed E-state index contributed by atoms with van der Waals surface area (Å²) in [5.74, 6) is -1.22. The Morgan fingerprint density at radius 3 is 2.58 bits per heavy atom. The smallest absolute Gasteiger partial charge is 0.416 e. The number of hydrogen-bond donors (Lipinski definition) is 1. The molecule has 0 aliphatic heterocycles. The third-order valence-corrected chi connectivity index (χ3v) is 3.04. The van der Waals surface area contributed by atoms with Crippen LogP contribution in [0.1, 0.15) is 22.8 Å². The van der Waals surface area contributed by atoms with Gasteiger partial charge in [0.2, 0.25) is 4.38 Å². The zero-order chi connectivity index (χ0) is 14.6. The van der Waals surface area contributed by atoms with E-state index in [4.69, 9.17) is 22.1 Å². The van der Waals surface area contributed by atoms with E-state index in [9.17, 15) is 18.0 Å². The van der Waals surface area contributed by atoms with Crippen LogP contribution < -0.4 is 4.74 Å². The molecule has 1 rings (SSSR count). The van der Waals surface area contributed by atoms with Gasteiger partial charge in [0.05, 0.1) is 5.56 Å². The summed E-state index contributed by atoms with van der Waals surface area (Å²) < 4.78 is 42.6. The normalized spacial score (nSPS) is 11.2. The lowest BCUT2D eigenvalue weighted by molar-refractivity contribution is -0.137. The van der Waals surface area contributed by atoms with E-state index in [2.05, 4.69) is 0 Å². The summed E-state index contributed by atoms with van der Waals surface area (Å²) in [6, 6.07) is 2.16. The summed E-state index contributed by atoms with van der Waals surface area (Å²) in [5.41, 5.74) is -1.36. The predicted molar refractivity (Wildman–Crippen MR) is 69.8 cm³/mol. The Morgan fingerprint density at radius 2 is 2.11 bits per heavy atom. The van der Waals surface area contributed by atoms with Gasteiger partial charge in [-0.25, -0.2) is 4.79 Å². The minimum atomic E-state index is -4.57. The number of carbonyl (C=O) groups is 1. The average Bonchev–Trinajstić information content (AvgIpc) is 2.27. The van der Waals surface area contributed by atoms with Crippen molar-refractivity contribution in [3.05, 3.63) is 29.3 Å². The Balaban J connectivity index is 3.16. The maximum Gasteiger partial charge on any atom is 0.416 e. The van der Waals surface area contributed by atoms with E-state index in [1.165, 1.54) is 0 Å². The van der Waals surface area contributed by atoms with Crippen LogP contribution >= 0.6 is 24.0 Å². The maximum absolute atomic E-state index is 12.5. The lowest BCUT2D eigenvalue weighted by Gasteiger charge is -2.12. The van der Waals surface area contributed by atoms with Crippen molar-refractivity contribution < 1.29 is 27.8 Å². The molecule has 0 saturated carbocycles. The monoisotopic (exact) mass is 310 g/mol. The number of rotatable bonds is 3. The number of halogens is 3. The van der Waals surface area contributed by atoms with E-state index < -0.39 is 23.5 Å². The van der Waals surface area contributed by atoms with Crippen LogP contribution in [-0.4, -0.2) is 21.2 Å². The van der Waals surface area contributed by atoms with Gasteiger partial charge in [0.25, 0.3) is 0 Å². The minimum absolute atomic E-state index is 0.0238. The molecule has 1 aromatic carbocycles. The molecule has 0 heterocycles. The molecule has 0 aliphatic rings. The molecule has 0 spiro atoms. The molecule has 0 radical (unpaired) electrons. The summed E-state index contributed by atoms with van der Waals surface area (Å²) in [5, 5.41) is 8.89. The summed E-state index contributed by atoms with van der Waals surface area (Å²) in [4.78, 5) is 10.9. The van der Waals surface area contributed by atoms with Crippen LogP contribution in [0, 0.1) is 0 Å². The molecule has 1 aromatic rings. The second-order valence-corrected chi connectivity index (χ2v) is 5.16. The fraction of sp³-hybridized carbons (Fsp3) is 0.273. The largest absolute Gasteiger partial charge is 0.478 e. The van der Waals surface area contributed by atoms with Crippen molar-refractivity contribution in [1.29, 1.82) is 0 Å². The Labute approximate surface area is 116 Å². The molecule has 3 nitrogen and oxygen atoms in total. The number of thioether (sulfide) groups is 1. The predicted octanol–water partition coefficient (Wildman–Crippen LogP) is 3.82. The topological polar surface area (TPSA) is 46.5 Å². The number of alkyl halides is 3. The van der Waals surface area contributed by atoms with E-state index in [1.807, 2.05) is 0 Å². The lowest BCUT2D eigenvalue weighted by Crippen LogP contribution is -2.10. The van der Waals surface area contributed by atoms with Crippen LogP contribution in [0.3, 0.4) is 0 Å². The first-order valence-electron chi connectivity index (χ1n) is 5.04. The van der Waals surface area contributed by atoms with Crippen molar-refractivity contribution in [3.8, 4) is 5.75 Å². The number of thiocarbonyl (C=S) groups is 1. The Hall–Kier alpha value is -1.28. The summed E-state index contributed by atoms with van der Waals surface area (Å²) in [6.45, 7) is 1.78. The van der Waals surface area contributed by atoms with Crippen molar-refractivity contribution in [2.24, 2.45) is 0 Å². The number of ether oxygens (including phenoxy) is 1. The molecule has 0 bridgehead atoms. The van der Waals surface area contributed by atoms with Crippen molar-refractivity contribution in [2.75, 3.05) is 5.75 Å². The molecule has 0 aliphatic carbocycles. The van der Waals surface area contributed by atoms with Gasteiger partial charge < -0.3 is 9.84 Å². The average molecular weight is 310 g/mol. The molecule has 19 heavy (non-hydrogen) atoms. The van der Waals surface area contributed by atoms with Gasteiger partial charge in [0.15, 0.2) is 0 Å².